The topological polar surface area (TPSA) is 80.2 Å². The standard InChI is InChI=1S/C26H35BrN2O4/c1-25(2,3)18-11-16(12-19(24(18)31)26(4,5)6)9-10-23(30)29-28-15-17-13-21(32-7)22(33-8)14-20(17)27/h11-15,31H,9-10H2,1-8H3,(H,29,30)/b28-15-. The maximum atomic E-state index is 12.4. The Hall–Kier alpha value is -2.54. The van der Waals surface area contributed by atoms with Crippen LogP contribution in [0.3, 0.4) is 0 Å². The van der Waals surface area contributed by atoms with E-state index in [4.69, 9.17) is 9.47 Å². The van der Waals surface area contributed by atoms with Gasteiger partial charge in [0.2, 0.25) is 5.91 Å². The summed E-state index contributed by atoms with van der Waals surface area (Å²) in [7, 11) is 3.13. The molecule has 2 N–H and O–H groups in total. The first kappa shape index (κ1) is 26.7. The number of carbonyl (C=O) groups excluding carboxylic acids is 1. The number of ether oxygens (including phenoxy) is 2. The minimum Gasteiger partial charge on any atom is -0.507 e. The smallest absolute Gasteiger partial charge is 0.240 e. The molecule has 0 aliphatic heterocycles. The van der Waals surface area contributed by atoms with Crippen molar-refractivity contribution in [2.45, 2.75) is 65.2 Å². The van der Waals surface area contributed by atoms with Gasteiger partial charge in [0, 0.05) is 16.5 Å². The second kappa shape index (κ2) is 10.6. The molecule has 6 nitrogen and oxygen atoms in total. The highest BCUT2D eigenvalue weighted by atomic mass is 79.9. The van der Waals surface area contributed by atoms with Gasteiger partial charge in [0.05, 0.1) is 20.4 Å². The van der Waals surface area contributed by atoms with Gasteiger partial charge in [-0.1, -0.05) is 53.7 Å². The van der Waals surface area contributed by atoms with E-state index in [2.05, 4.69) is 68.0 Å². The number of benzene rings is 2. The summed E-state index contributed by atoms with van der Waals surface area (Å²) in [5, 5.41) is 14.9. The first-order chi connectivity index (χ1) is 15.3. The van der Waals surface area contributed by atoms with E-state index in [1.54, 1.807) is 32.6 Å². The number of halogens is 1. The summed E-state index contributed by atoms with van der Waals surface area (Å²) in [5.74, 6) is 1.33. The van der Waals surface area contributed by atoms with Crippen molar-refractivity contribution in [3.8, 4) is 17.2 Å². The molecule has 7 heteroatoms. The molecule has 2 aromatic rings. The predicted molar refractivity (Wildman–Crippen MR) is 137 cm³/mol. The van der Waals surface area contributed by atoms with Crippen LogP contribution >= 0.6 is 15.9 Å². The molecule has 0 aliphatic carbocycles. The fraction of sp³-hybridized carbons (Fsp3) is 0.462. The maximum absolute atomic E-state index is 12.4. The van der Waals surface area contributed by atoms with Crippen LogP contribution in [0.5, 0.6) is 17.2 Å². The zero-order chi connectivity index (χ0) is 25.0. The van der Waals surface area contributed by atoms with Crippen molar-refractivity contribution in [3.63, 3.8) is 0 Å². The maximum Gasteiger partial charge on any atom is 0.240 e. The Balaban J connectivity index is 2.12. The van der Waals surface area contributed by atoms with E-state index in [0.717, 1.165) is 26.7 Å². The summed E-state index contributed by atoms with van der Waals surface area (Å²) in [5.41, 5.74) is 5.71. The van der Waals surface area contributed by atoms with Crippen LogP contribution in [-0.2, 0) is 22.0 Å². The molecule has 0 aliphatic rings. The van der Waals surface area contributed by atoms with Gasteiger partial charge >= 0.3 is 0 Å². The van der Waals surface area contributed by atoms with E-state index in [0.29, 0.717) is 23.7 Å². The third kappa shape index (κ3) is 6.97. The van der Waals surface area contributed by atoms with Crippen molar-refractivity contribution in [1.82, 2.24) is 5.43 Å². The number of hydrogen-bond acceptors (Lipinski definition) is 5. The molecule has 0 saturated heterocycles. The molecular weight excluding hydrogens is 484 g/mol. The molecule has 0 spiro atoms. The highest BCUT2D eigenvalue weighted by Crippen LogP contribution is 2.40. The molecule has 0 atom stereocenters. The van der Waals surface area contributed by atoms with Crippen LogP contribution in [-0.4, -0.2) is 31.4 Å². The average molecular weight is 519 g/mol. The molecule has 0 bridgehead atoms. The number of nitrogens with one attached hydrogen (secondary N) is 1. The van der Waals surface area contributed by atoms with Gasteiger partial charge in [0.15, 0.2) is 11.5 Å². The van der Waals surface area contributed by atoms with Crippen LogP contribution in [0.15, 0.2) is 33.8 Å². The third-order valence-corrected chi connectivity index (χ3v) is 6.01. The number of hydrogen-bond donors (Lipinski definition) is 2. The second-order valence-electron chi connectivity index (χ2n) is 10.1. The van der Waals surface area contributed by atoms with E-state index in [1.165, 1.54) is 0 Å². The van der Waals surface area contributed by atoms with Crippen molar-refractivity contribution < 1.29 is 19.4 Å². The molecule has 0 aromatic heterocycles. The van der Waals surface area contributed by atoms with Gasteiger partial charge in [-0.15, -0.1) is 0 Å². The molecule has 33 heavy (non-hydrogen) atoms. The van der Waals surface area contributed by atoms with Crippen molar-refractivity contribution in [2.24, 2.45) is 5.10 Å². The van der Waals surface area contributed by atoms with Crippen LogP contribution in [0.2, 0.25) is 0 Å². The van der Waals surface area contributed by atoms with Crippen molar-refractivity contribution in [3.05, 3.63) is 51.0 Å². The van der Waals surface area contributed by atoms with E-state index in [9.17, 15) is 9.90 Å². The molecule has 2 aromatic carbocycles. The molecule has 180 valence electrons. The van der Waals surface area contributed by atoms with E-state index in [-0.39, 0.29) is 23.2 Å². The van der Waals surface area contributed by atoms with Crippen LogP contribution in [0.25, 0.3) is 0 Å². The minimum atomic E-state index is -0.209. The number of nitrogens with zero attached hydrogens (tertiary/aromatic N) is 1. The van der Waals surface area contributed by atoms with Crippen molar-refractivity contribution in [1.29, 1.82) is 0 Å². The van der Waals surface area contributed by atoms with Gasteiger partial charge in [-0.2, -0.15) is 5.10 Å². The summed E-state index contributed by atoms with van der Waals surface area (Å²) in [6.45, 7) is 12.5. The van der Waals surface area contributed by atoms with Gasteiger partial charge in [0.1, 0.15) is 5.75 Å². The van der Waals surface area contributed by atoms with Gasteiger partial charge in [-0.25, -0.2) is 5.43 Å². The Morgan fingerprint density at radius 2 is 1.52 bits per heavy atom. The van der Waals surface area contributed by atoms with Gasteiger partial charge in [-0.05, 0) is 62.0 Å². The molecular formula is C26H35BrN2O4. The molecule has 2 rings (SSSR count). The van der Waals surface area contributed by atoms with Crippen LogP contribution < -0.4 is 14.9 Å². The van der Waals surface area contributed by atoms with E-state index < -0.39 is 0 Å². The SMILES string of the molecule is COc1cc(Br)c(/C=N\NC(=O)CCc2cc(C(C)(C)C)c(O)c(C(C)(C)C)c2)cc1OC. The lowest BCUT2D eigenvalue weighted by molar-refractivity contribution is -0.121. The third-order valence-electron chi connectivity index (χ3n) is 5.32. The van der Waals surface area contributed by atoms with Gasteiger partial charge in [-0.3, -0.25) is 4.79 Å². The van der Waals surface area contributed by atoms with Gasteiger partial charge in [0.25, 0.3) is 0 Å². The molecule has 0 saturated carbocycles. The van der Waals surface area contributed by atoms with E-state index in [1.807, 2.05) is 12.1 Å². The number of amides is 1. The fourth-order valence-corrected chi connectivity index (χ4v) is 3.86. The predicted octanol–water partition coefficient (Wildman–Crippen LogP) is 5.85. The zero-order valence-electron chi connectivity index (χ0n) is 20.8. The first-order valence-electron chi connectivity index (χ1n) is 10.9. The number of aromatic hydroxyl groups is 1. The number of rotatable bonds is 7. The number of phenols is 1. The Morgan fingerprint density at radius 1 is 1.00 bits per heavy atom. The fourth-order valence-electron chi connectivity index (χ4n) is 3.44. The Bertz CT molecular complexity index is 999. The number of aryl methyl sites for hydroxylation is 1. The molecule has 0 heterocycles. The van der Waals surface area contributed by atoms with Crippen molar-refractivity contribution >= 4 is 28.1 Å². The number of methoxy groups -OCH3 is 2. The summed E-state index contributed by atoms with van der Waals surface area (Å²) in [4.78, 5) is 12.4. The lowest BCUT2D eigenvalue weighted by Crippen LogP contribution is -2.20. The monoisotopic (exact) mass is 518 g/mol. The summed E-state index contributed by atoms with van der Waals surface area (Å²) in [6.07, 6.45) is 2.39. The minimum absolute atomic E-state index is 0.189. The van der Waals surface area contributed by atoms with Crippen LogP contribution in [0.1, 0.15) is 70.2 Å². The second-order valence-corrected chi connectivity index (χ2v) is 10.9. The van der Waals surface area contributed by atoms with Crippen LogP contribution in [0, 0.1) is 0 Å². The number of carbonyl (C=O) groups is 1. The quantitative estimate of drug-likeness (QED) is 0.355. The average Bonchev–Trinajstić information content (AvgIpc) is 2.72. The number of hydrazone groups is 1. The normalized spacial score (nSPS) is 12.2. The number of phenolic OH excluding ortho intramolecular Hbond substituents is 1. The highest BCUT2D eigenvalue weighted by molar-refractivity contribution is 9.10. The summed E-state index contributed by atoms with van der Waals surface area (Å²) >= 11 is 3.47. The van der Waals surface area contributed by atoms with Crippen molar-refractivity contribution in [2.75, 3.05) is 14.2 Å². The Kier molecular flexibility index (Phi) is 8.57. The summed E-state index contributed by atoms with van der Waals surface area (Å²) in [6, 6.07) is 7.56. The zero-order valence-corrected chi connectivity index (χ0v) is 22.4. The Morgan fingerprint density at radius 3 is 2.00 bits per heavy atom. The van der Waals surface area contributed by atoms with E-state index >= 15 is 0 Å². The molecule has 1 amide bonds. The molecule has 0 unspecified atom stereocenters. The molecule has 0 fully saturated rings. The van der Waals surface area contributed by atoms with Crippen LogP contribution in [0.4, 0.5) is 0 Å². The summed E-state index contributed by atoms with van der Waals surface area (Å²) < 4.78 is 11.3. The molecule has 0 radical (unpaired) electrons. The van der Waals surface area contributed by atoms with Gasteiger partial charge < -0.3 is 14.6 Å². The largest absolute Gasteiger partial charge is 0.507 e. The first-order valence-corrected chi connectivity index (χ1v) is 11.7. The Labute approximate surface area is 205 Å². The lowest BCUT2D eigenvalue weighted by Gasteiger charge is -2.28. The lowest BCUT2D eigenvalue weighted by atomic mass is 9.78. The highest BCUT2D eigenvalue weighted by Gasteiger charge is 2.26.